The van der Waals surface area contributed by atoms with Crippen LogP contribution in [0.1, 0.15) is 41.0 Å². The lowest BCUT2D eigenvalue weighted by Crippen LogP contribution is -2.39. The monoisotopic (exact) mass is 257 g/mol. The van der Waals surface area contributed by atoms with E-state index in [1.165, 1.54) is 0 Å². The van der Waals surface area contributed by atoms with Crippen molar-refractivity contribution in [1.29, 1.82) is 0 Å². The third kappa shape index (κ3) is 11.7. The van der Waals surface area contributed by atoms with Gasteiger partial charge in [0.15, 0.2) is 5.96 Å². The van der Waals surface area contributed by atoms with Crippen molar-refractivity contribution in [1.82, 2.24) is 10.6 Å². The molecule has 0 aliphatic heterocycles. The maximum absolute atomic E-state index is 5.55. The summed E-state index contributed by atoms with van der Waals surface area (Å²) in [5.41, 5.74) is 0. The van der Waals surface area contributed by atoms with Crippen molar-refractivity contribution in [3.63, 3.8) is 0 Å². The number of rotatable bonds is 9. The zero-order valence-corrected chi connectivity index (χ0v) is 12.8. The van der Waals surface area contributed by atoms with Crippen LogP contribution in [0.15, 0.2) is 4.99 Å². The third-order valence-electron chi connectivity index (χ3n) is 2.34. The molecule has 4 nitrogen and oxygen atoms in total. The van der Waals surface area contributed by atoms with Crippen molar-refractivity contribution in [2.24, 2.45) is 16.8 Å². The smallest absolute Gasteiger partial charge is 0.191 e. The molecule has 0 aromatic heterocycles. The van der Waals surface area contributed by atoms with E-state index in [0.717, 1.165) is 45.2 Å². The minimum atomic E-state index is 0.586. The molecule has 0 aliphatic carbocycles. The van der Waals surface area contributed by atoms with Crippen molar-refractivity contribution in [3.8, 4) is 0 Å². The van der Waals surface area contributed by atoms with Gasteiger partial charge >= 0.3 is 0 Å². The molecule has 0 spiro atoms. The second kappa shape index (κ2) is 11.3. The van der Waals surface area contributed by atoms with Crippen LogP contribution in [0.5, 0.6) is 0 Å². The van der Waals surface area contributed by atoms with Gasteiger partial charge in [0.1, 0.15) is 0 Å². The second-order valence-corrected chi connectivity index (χ2v) is 5.34. The van der Waals surface area contributed by atoms with Crippen LogP contribution in [-0.4, -0.2) is 38.8 Å². The number of ether oxygens (including phenoxy) is 1. The van der Waals surface area contributed by atoms with E-state index in [9.17, 15) is 0 Å². The molecule has 0 aromatic rings. The van der Waals surface area contributed by atoms with E-state index in [0.29, 0.717) is 11.8 Å². The lowest BCUT2D eigenvalue weighted by molar-refractivity contribution is 0.128. The molecular weight excluding hydrogens is 226 g/mol. The molecule has 0 amide bonds. The van der Waals surface area contributed by atoms with Crippen LogP contribution >= 0.6 is 0 Å². The number of nitrogens with one attached hydrogen (secondary N) is 2. The van der Waals surface area contributed by atoms with E-state index in [2.05, 4.69) is 50.2 Å². The van der Waals surface area contributed by atoms with Gasteiger partial charge < -0.3 is 15.4 Å². The van der Waals surface area contributed by atoms with Crippen molar-refractivity contribution in [2.45, 2.75) is 41.0 Å². The molecule has 0 bridgehead atoms. The molecule has 0 aliphatic rings. The van der Waals surface area contributed by atoms with Crippen LogP contribution in [0.2, 0.25) is 0 Å². The Bertz CT molecular complexity index is 215. The maximum Gasteiger partial charge on any atom is 0.191 e. The third-order valence-corrected chi connectivity index (χ3v) is 2.34. The Kier molecular flexibility index (Phi) is 10.8. The molecule has 18 heavy (non-hydrogen) atoms. The van der Waals surface area contributed by atoms with Gasteiger partial charge in [0.2, 0.25) is 0 Å². The highest BCUT2D eigenvalue weighted by Gasteiger charge is 1.98. The van der Waals surface area contributed by atoms with Gasteiger partial charge in [-0.15, -0.1) is 0 Å². The predicted octanol–water partition coefficient (Wildman–Crippen LogP) is 2.26. The Balaban J connectivity index is 3.67. The molecule has 0 fully saturated rings. The highest BCUT2D eigenvalue weighted by molar-refractivity contribution is 5.79. The van der Waals surface area contributed by atoms with Gasteiger partial charge in [-0.1, -0.05) is 27.7 Å². The van der Waals surface area contributed by atoms with Gasteiger partial charge in [0.05, 0.1) is 6.61 Å². The van der Waals surface area contributed by atoms with Crippen molar-refractivity contribution >= 4 is 5.96 Å². The second-order valence-electron chi connectivity index (χ2n) is 5.34. The summed E-state index contributed by atoms with van der Waals surface area (Å²) >= 11 is 0. The molecule has 2 N–H and O–H groups in total. The Morgan fingerprint density at radius 1 is 1.06 bits per heavy atom. The van der Waals surface area contributed by atoms with Gasteiger partial charge in [0.25, 0.3) is 0 Å². The molecule has 0 saturated heterocycles. The Hall–Kier alpha value is -0.770. The molecule has 4 heteroatoms. The average Bonchev–Trinajstić information content (AvgIpc) is 2.29. The minimum absolute atomic E-state index is 0.586. The van der Waals surface area contributed by atoms with E-state index >= 15 is 0 Å². The fourth-order valence-corrected chi connectivity index (χ4v) is 1.28. The summed E-state index contributed by atoms with van der Waals surface area (Å²) in [5, 5.41) is 6.51. The molecule has 0 aromatic carbocycles. The first-order valence-corrected chi connectivity index (χ1v) is 7.16. The lowest BCUT2D eigenvalue weighted by atomic mass is 10.1. The first-order chi connectivity index (χ1) is 8.56. The zero-order chi connectivity index (χ0) is 13.8. The van der Waals surface area contributed by atoms with E-state index in [4.69, 9.17) is 4.74 Å². The quantitative estimate of drug-likeness (QED) is 0.378. The lowest BCUT2D eigenvalue weighted by Gasteiger charge is -2.12. The van der Waals surface area contributed by atoms with Gasteiger partial charge in [0, 0.05) is 26.2 Å². The number of hydrogen-bond acceptors (Lipinski definition) is 2. The first-order valence-electron chi connectivity index (χ1n) is 7.16. The number of hydrogen-bond donors (Lipinski definition) is 2. The van der Waals surface area contributed by atoms with E-state index in [1.54, 1.807) is 0 Å². The Morgan fingerprint density at radius 3 is 2.33 bits per heavy atom. The van der Waals surface area contributed by atoms with Crippen LogP contribution < -0.4 is 10.6 Å². The molecular formula is C14H31N3O. The molecule has 0 rings (SSSR count). The maximum atomic E-state index is 5.55. The number of guanidine groups is 1. The van der Waals surface area contributed by atoms with Gasteiger partial charge in [-0.25, -0.2) is 0 Å². The fraction of sp³-hybridized carbons (Fsp3) is 0.929. The topological polar surface area (TPSA) is 45.7 Å². The van der Waals surface area contributed by atoms with E-state index < -0.39 is 0 Å². The summed E-state index contributed by atoms with van der Waals surface area (Å²) in [5.74, 6) is 2.18. The normalized spacial score (nSPS) is 12.3. The predicted molar refractivity (Wildman–Crippen MR) is 79.1 cm³/mol. The van der Waals surface area contributed by atoms with Crippen molar-refractivity contribution < 1.29 is 4.74 Å². The standard InChI is InChI=1S/C14H31N3O/c1-6-15-14(17-11-13(4)5)16-8-10-18-9-7-12(2)3/h12-13H,6-11H2,1-5H3,(H2,15,16,17). The largest absolute Gasteiger partial charge is 0.380 e. The van der Waals surface area contributed by atoms with Gasteiger partial charge in [-0.05, 0) is 25.2 Å². The van der Waals surface area contributed by atoms with Crippen LogP contribution in [0.25, 0.3) is 0 Å². The first kappa shape index (κ1) is 17.2. The number of nitrogens with zero attached hydrogens (tertiary/aromatic N) is 1. The molecule has 0 heterocycles. The molecule has 0 unspecified atom stereocenters. The summed E-state index contributed by atoms with van der Waals surface area (Å²) in [6.45, 7) is 15.0. The van der Waals surface area contributed by atoms with Crippen LogP contribution in [0, 0.1) is 11.8 Å². The zero-order valence-electron chi connectivity index (χ0n) is 12.8. The van der Waals surface area contributed by atoms with Crippen LogP contribution in [0.3, 0.4) is 0 Å². The Morgan fingerprint density at radius 2 is 1.78 bits per heavy atom. The van der Waals surface area contributed by atoms with E-state index in [1.807, 2.05) is 0 Å². The van der Waals surface area contributed by atoms with E-state index in [-0.39, 0.29) is 0 Å². The summed E-state index contributed by atoms with van der Waals surface area (Å²) in [7, 11) is 0. The summed E-state index contributed by atoms with van der Waals surface area (Å²) in [6, 6.07) is 0. The molecule has 108 valence electrons. The molecule has 0 radical (unpaired) electrons. The van der Waals surface area contributed by atoms with Crippen LogP contribution in [0.4, 0.5) is 0 Å². The summed E-state index contributed by atoms with van der Waals surface area (Å²) in [6.07, 6.45) is 1.13. The van der Waals surface area contributed by atoms with Crippen molar-refractivity contribution in [2.75, 3.05) is 32.8 Å². The molecule has 0 saturated carbocycles. The average molecular weight is 257 g/mol. The fourth-order valence-electron chi connectivity index (χ4n) is 1.28. The van der Waals surface area contributed by atoms with Crippen LogP contribution in [-0.2, 0) is 4.74 Å². The Labute approximate surface area is 113 Å². The van der Waals surface area contributed by atoms with Gasteiger partial charge in [-0.3, -0.25) is 4.99 Å². The minimum Gasteiger partial charge on any atom is -0.380 e. The summed E-state index contributed by atoms with van der Waals surface area (Å²) < 4.78 is 5.55. The molecule has 0 atom stereocenters. The SMILES string of the molecule is CCNC(=NCC(C)C)NCCOCCC(C)C. The van der Waals surface area contributed by atoms with Crippen molar-refractivity contribution in [3.05, 3.63) is 0 Å². The highest BCUT2D eigenvalue weighted by Crippen LogP contribution is 1.98. The summed E-state index contributed by atoms with van der Waals surface area (Å²) in [4.78, 5) is 4.50. The number of aliphatic imine (C=N–C) groups is 1. The highest BCUT2D eigenvalue weighted by atomic mass is 16.5. The van der Waals surface area contributed by atoms with Gasteiger partial charge in [-0.2, -0.15) is 0 Å².